The zero-order valence-corrected chi connectivity index (χ0v) is 14.3. The summed E-state index contributed by atoms with van der Waals surface area (Å²) in [7, 11) is 0. The van der Waals surface area contributed by atoms with E-state index in [0.29, 0.717) is 45.2 Å². The molecule has 0 aliphatic carbocycles. The van der Waals surface area contributed by atoms with E-state index in [0.717, 1.165) is 0 Å². The third kappa shape index (κ3) is 3.02. The molecule has 0 spiro atoms. The maximum atomic E-state index is 12.7. The van der Waals surface area contributed by atoms with Crippen LogP contribution in [0.5, 0.6) is 0 Å². The number of benzene rings is 1. The number of aromatic nitrogens is 1. The molecule has 2 aromatic rings. The standard InChI is InChI=1S/C16H14Cl2N4O2/c1-10-4-2-7-13(22(10)24)15(23)21-9-8-19-16(21)20-14-11(17)5-3-6-12(14)18/h2-7H,8-9H2,1H3,(H,19,20). The van der Waals surface area contributed by atoms with Gasteiger partial charge >= 0.3 is 5.91 Å². The summed E-state index contributed by atoms with van der Waals surface area (Å²) >= 11 is 12.3. The van der Waals surface area contributed by atoms with Crippen molar-refractivity contribution in [1.29, 1.82) is 0 Å². The molecule has 1 aliphatic heterocycles. The van der Waals surface area contributed by atoms with Crippen molar-refractivity contribution in [3.63, 3.8) is 0 Å². The van der Waals surface area contributed by atoms with Crippen LogP contribution in [0.15, 0.2) is 41.4 Å². The van der Waals surface area contributed by atoms with Gasteiger partial charge in [0.05, 0.1) is 22.3 Å². The molecule has 24 heavy (non-hydrogen) atoms. The van der Waals surface area contributed by atoms with Crippen LogP contribution in [-0.2, 0) is 0 Å². The quantitative estimate of drug-likeness (QED) is 0.657. The number of nitrogens with zero attached hydrogens (tertiary/aromatic N) is 3. The number of halogens is 2. The minimum atomic E-state index is -0.430. The summed E-state index contributed by atoms with van der Waals surface area (Å²) in [6.45, 7) is 2.45. The predicted octanol–water partition coefficient (Wildman–Crippen LogP) is 2.86. The van der Waals surface area contributed by atoms with Gasteiger partial charge in [-0.15, -0.1) is 0 Å². The normalized spacial score (nSPS) is 13.8. The lowest BCUT2D eigenvalue weighted by atomic mass is 10.2. The summed E-state index contributed by atoms with van der Waals surface area (Å²) in [5.74, 6) is -0.114. The predicted molar refractivity (Wildman–Crippen MR) is 93.6 cm³/mol. The first-order valence-electron chi connectivity index (χ1n) is 7.25. The molecule has 1 aliphatic rings. The summed E-state index contributed by atoms with van der Waals surface area (Å²) in [6, 6.07) is 9.89. The first-order chi connectivity index (χ1) is 11.5. The summed E-state index contributed by atoms with van der Waals surface area (Å²) in [5.41, 5.74) is 0.954. The van der Waals surface area contributed by atoms with Crippen LogP contribution in [0.25, 0.3) is 0 Å². The zero-order valence-electron chi connectivity index (χ0n) is 12.8. The number of nitrogens with one attached hydrogen (secondary N) is 1. The number of anilines is 1. The average Bonchev–Trinajstić information content (AvgIpc) is 3.01. The highest BCUT2D eigenvalue weighted by molar-refractivity contribution is 6.39. The van der Waals surface area contributed by atoms with Crippen LogP contribution in [0.1, 0.15) is 16.2 Å². The summed E-state index contributed by atoms with van der Waals surface area (Å²) < 4.78 is 0.612. The molecule has 0 radical (unpaired) electrons. The van der Waals surface area contributed by atoms with Crippen LogP contribution >= 0.6 is 23.2 Å². The minimum absolute atomic E-state index is 0.0386. The number of pyridine rings is 1. The first kappa shape index (κ1) is 16.5. The third-order valence-corrected chi connectivity index (χ3v) is 4.27. The Balaban J connectivity index is 1.88. The third-order valence-electron chi connectivity index (χ3n) is 3.64. The van der Waals surface area contributed by atoms with Gasteiger partial charge in [0.25, 0.3) is 5.69 Å². The maximum absolute atomic E-state index is 12.7. The van der Waals surface area contributed by atoms with Crippen molar-refractivity contribution in [3.05, 3.63) is 63.0 Å². The van der Waals surface area contributed by atoms with Gasteiger partial charge in [-0.05, 0) is 18.2 Å². The molecule has 0 bridgehead atoms. The number of aryl methyl sites for hydroxylation is 1. The molecule has 0 saturated heterocycles. The van der Waals surface area contributed by atoms with Crippen LogP contribution in [-0.4, -0.2) is 29.9 Å². The summed E-state index contributed by atoms with van der Waals surface area (Å²) in [4.78, 5) is 18.4. The van der Waals surface area contributed by atoms with E-state index in [-0.39, 0.29) is 5.69 Å². The number of hydrogen-bond donors (Lipinski definition) is 1. The monoisotopic (exact) mass is 364 g/mol. The van der Waals surface area contributed by atoms with E-state index in [1.165, 1.54) is 11.0 Å². The highest BCUT2D eigenvalue weighted by Gasteiger charge is 2.30. The lowest BCUT2D eigenvalue weighted by molar-refractivity contribution is -0.614. The Kier molecular flexibility index (Phi) is 4.59. The number of carbonyl (C=O) groups is 1. The molecule has 1 aromatic carbocycles. The molecule has 0 fully saturated rings. The number of amides is 1. The van der Waals surface area contributed by atoms with Crippen molar-refractivity contribution in [3.8, 4) is 0 Å². The second-order valence-electron chi connectivity index (χ2n) is 5.23. The van der Waals surface area contributed by atoms with Gasteiger partial charge in [-0.25, -0.2) is 0 Å². The molecule has 6 nitrogen and oxygen atoms in total. The molecule has 3 rings (SSSR count). The average molecular weight is 365 g/mol. The number of carbonyl (C=O) groups excluding carboxylic acids is 1. The van der Waals surface area contributed by atoms with Gasteiger partial charge < -0.3 is 10.5 Å². The molecule has 0 atom stereocenters. The molecule has 1 N–H and O–H groups in total. The van der Waals surface area contributed by atoms with Crippen LogP contribution in [0, 0.1) is 12.1 Å². The summed E-state index contributed by atoms with van der Waals surface area (Å²) in [6.07, 6.45) is 0. The van der Waals surface area contributed by atoms with Gasteiger partial charge in [-0.2, -0.15) is 4.73 Å². The van der Waals surface area contributed by atoms with E-state index < -0.39 is 5.91 Å². The van der Waals surface area contributed by atoms with Gasteiger partial charge in [-0.3, -0.25) is 14.7 Å². The van der Waals surface area contributed by atoms with Gasteiger partial charge in [0, 0.05) is 25.6 Å². The SMILES string of the molecule is Cc1cccc(C(=O)N2CCN=C2Nc2c(Cl)cccc2Cl)[n+]1[O-]. The molecule has 0 saturated carbocycles. The van der Waals surface area contributed by atoms with Gasteiger partial charge in [0.2, 0.25) is 5.96 Å². The number of rotatable bonds is 2. The zero-order chi connectivity index (χ0) is 17.3. The number of para-hydroxylation sites is 1. The highest BCUT2D eigenvalue weighted by atomic mass is 35.5. The Morgan fingerprint density at radius 2 is 1.92 bits per heavy atom. The van der Waals surface area contributed by atoms with Crippen LogP contribution in [0.3, 0.4) is 0 Å². The molecule has 1 aromatic heterocycles. The Morgan fingerprint density at radius 1 is 1.25 bits per heavy atom. The topological polar surface area (TPSA) is 71.6 Å². The van der Waals surface area contributed by atoms with Gasteiger partial charge in [0.1, 0.15) is 0 Å². The molecule has 1 amide bonds. The number of aliphatic imine (C=N–C) groups is 1. The maximum Gasteiger partial charge on any atom is 0.326 e. The fourth-order valence-electron chi connectivity index (χ4n) is 2.38. The van der Waals surface area contributed by atoms with Crippen molar-refractivity contribution < 1.29 is 9.52 Å². The lowest BCUT2D eigenvalue weighted by Crippen LogP contribution is -2.46. The van der Waals surface area contributed by atoms with Crippen LogP contribution < -0.4 is 10.0 Å². The Hall–Kier alpha value is -2.31. The second-order valence-corrected chi connectivity index (χ2v) is 6.04. The van der Waals surface area contributed by atoms with Gasteiger partial charge in [-0.1, -0.05) is 29.3 Å². The van der Waals surface area contributed by atoms with Gasteiger partial charge in [0.15, 0.2) is 5.69 Å². The number of hydrogen-bond acceptors (Lipinski definition) is 4. The molecular weight excluding hydrogens is 351 g/mol. The minimum Gasteiger partial charge on any atom is -0.618 e. The lowest BCUT2D eigenvalue weighted by Gasteiger charge is -2.19. The fourth-order valence-corrected chi connectivity index (χ4v) is 2.87. The molecule has 8 heteroatoms. The molecule has 124 valence electrons. The highest BCUT2D eigenvalue weighted by Crippen LogP contribution is 2.30. The Bertz CT molecular complexity index is 819. The largest absolute Gasteiger partial charge is 0.618 e. The van der Waals surface area contributed by atoms with E-state index in [9.17, 15) is 10.0 Å². The van der Waals surface area contributed by atoms with E-state index in [1.54, 1.807) is 37.3 Å². The summed E-state index contributed by atoms with van der Waals surface area (Å²) in [5, 5.41) is 15.9. The number of guanidine groups is 1. The molecule has 0 unspecified atom stereocenters. The second kappa shape index (κ2) is 6.67. The smallest absolute Gasteiger partial charge is 0.326 e. The van der Waals surface area contributed by atoms with Crippen LogP contribution in [0.2, 0.25) is 10.0 Å². The van der Waals surface area contributed by atoms with Crippen molar-refractivity contribution in [2.45, 2.75) is 6.92 Å². The van der Waals surface area contributed by atoms with Crippen molar-refractivity contribution in [1.82, 2.24) is 4.90 Å². The molecule has 2 heterocycles. The Labute approximate surface area is 148 Å². The van der Waals surface area contributed by atoms with Crippen molar-refractivity contribution in [2.75, 3.05) is 18.4 Å². The molecular formula is C16H14Cl2N4O2. The van der Waals surface area contributed by atoms with Crippen molar-refractivity contribution in [2.24, 2.45) is 4.99 Å². The fraction of sp³-hybridized carbons (Fsp3) is 0.188. The van der Waals surface area contributed by atoms with E-state index in [4.69, 9.17) is 23.2 Å². The van der Waals surface area contributed by atoms with E-state index in [1.807, 2.05) is 0 Å². The Morgan fingerprint density at radius 3 is 2.62 bits per heavy atom. The van der Waals surface area contributed by atoms with E-state index >= 15 is 0 Å². The van der Waals surface area contributed by atoms with E-state index in [2.05, 4.69) is 10.3 Å². The van der Waals surface area contributed by atoms with Crippen molar-refractivity contribution >= 4 is 40.8 Å². The first-order valence-corrected chi connectivity index (χ1v) is 8.01. The van der Waals surface area contributed by atoms with Crippen LogP contribution in [0.4, 0.5) is 5.69 Å².